The summed E-state index contributed by atoms with van der Waals surface area (Å²) in [4.78, 5) is 24.7. The number of pyridine rings is 2. The molecule has 146 valence electrons. The third kappa shape index (κ3) is 3.77. The lowest BCUT2D eigenvalue weighted by molar-refractivity contribution is 0.419. The van der Waals surface area contributed by atoms with Crippen LogP contribution in [0.15, 0.2) is 59.9 Å². The quantitative estimate of drug-likeness (QED) is 0.563. The molecule has 4 rings (SSSR count). The molecule has 0 aliphatic rings. The van der Waals surface area contributed by atoms with Crippen LogP contribution in [-0.4, -0.2) is 26.6 Å². The summed E-state index contributed by atoms with van der Waals surface area (Å²) < 4.78 is 20.2. The second-order valence-electron chi connectivity index (χ2n) is 6.50. The van der Waals surface area contributed by atoms with Crippen molar-refractivity contribution in [3.05, 3.63) is 76.9 Å². The SMILES string of the molecule is COc1cc(-c2ccc(F)cn2)cc2c(NCc3ccn(C)c(=O)c3)ncnc12. The molecule has 8 heteroatoms. The molecule has 0 unspecified atom stereocenters. The van der Waals surface area contributed by atoms with Gasteiger partial charge in [-0.2, -0.15) is 0 Å². The highest BCUT2D eigenvalue weighted by molar-refractivity contribution is 5.96. The fraction of sp³-hybridized carbons (Fsp3) is 0.143. The Morgan fingerprint density at radius 2 is 2.00 bits per heavy atom. The lowest BCUT2D eigenvalue weighted by Gasteiger charge is -2.12. The first-order chi connectivity index (χ1) is 14.0. The predicted octanol–water partition coefficient (Wildman–Crippen LogP) is 3.15. The van der Waals surface area contributed by atoms with Crippen LogP contribution >= 0.6 is 0 Å². The van der Waals surface area contributed by atoms with Crippen molar-refractivity contribution in [2.75, 3.05) is 12.4 Å². The van der Waals surface area contributed by atoms with Crippen LogP contribution in [0.3, 0.4) is 0 Å². The molecule has 0 atom stereocenters. The maximum absolute atomic E-state index is 13.2. The molecule has 0 saturated carbocycles. The first-order valence-electron chi connectivity index (χ1n) is 8.89. The zero-order chi connectivity index (χ0) is 20.4. The van der Waals surface area contributed by atoms with E-state index in [1.54, 1.807) is 38.6 Å². The van der Waals surface area contributed by atoms with Crippen LogP contribution in [0.1, 0.15) is 5.56 Å². The smallest absolute Gasteiger partial charge is 0.250 e. The van der Waals surface area contributed by atoms with E-state index >= 15 is 0 Å². The van der Waals surface area contributed by atoms with E-state index in [4.69, 9.17) is 4.74 Å². The fourth-order valence-corrected chi connectivity index (χ4v) is 3.01. The topological polar surface area (TPSA) is 81.9 Å². The molecular formula is C21H18FN5O2. The van der Waals surface area contributed by atoms with Crippen LogP contribution < -0.4 is 15.6 Å². The lowest BCUT2D eigenvalue weighted by Crippen LogP contribution is -2.16. The van der Waals surface area contributed by atoms with Gasteiger partial charge in [-0.25, -0.2) is 14.4 Å². The molecule has 7 nitrogen and oxygen atoms in total. The van der Waals surface area contributed by atoms with Gasteiger partial charge in [0.15, 0.2) is 0 Å². The van der Waals surface area contributed by atoms with Gasteiger partial charge >= 0.3 is 0 Å². The third-order valence-electron chi connectivity index (χ3n) is 4.58. The molecule has 0 radical (unpaired) electrons. The minimum atomic E-state index is -0.402. The van der Waals surface area contributed by atoms with E-state index in [9.17, 15) is 9.18 Å². The Morgan fingerprint density at radius 1 is 1.14 bits per heavy atom. The Labute approximate surface area is 165 Å². The number of anilines is 1. The third-order valence-corrected chi connectivity index (χ3v) is 4.58. The molecule has 0 aliphatic heterocycles. The Kier molecular flexibility index (Phi) is 4.90. The highest BCUT2D eigenvalue weighted by Gasteiger charge is 2.13. The number of hydrogen-bond acceptors (Lipinski definition) is 6. The molecule has 29 heavy (non-hydrogen) atoms. The highest BCUT2D eigenvalue weighted by atomic mass is 19.1. The number of halogens is 1. The molecule has 1 aromatic carbocycles. The van der Waals surface area contributed by atoms with Gasteiger partial charge in [0.25, 0.3) is 5.56 Å². The van der Waals surface area contributed by atoms with Gasteiger partial charge in [-0.1, -0.05) is 0 Å². The average molecular weight is 391 g/mol. The summed E-state index contributed by atoms with van der Waals surface area (Å²) in [5, 5.41) is 3.99. The summed E-state index contributed by atoms with van der Waals surface area (Å²) >= 11 is 0. The number of fused-ring (bicyclic) bond motifs is 1. The van der Waals surface area contributed by atoms with Crippen LogP contribution in [-0.2, 0) is 13.6 Å². The predicted molar refractivity (Wildman–Crippen MR) is 108 cm³/mol. The van der Waals surface area contributed by atoms with E-state index in [1.807, 2.05) is 12.1 Å². The number of nitrogens with zero attached hydrogens (tertiary/aromatic N) is 4. The lowest BCUT2D eigenvalue weighted by atomic mass is 10.1. The van der Waals surface area contributed by atoms with E-state index in [1.165, 1.54) is 23.2 Å². The van der Waals surface area contributed by atoms with E-state index in [2.05, 4.69) is 20.3 Å². The van der Waals surface area contributed by atoms with Crippen LogP contribution in [0, 0.1) is 5.82 Å². The standard InChI is InChI=1S/C21H18FN5O2/c1-27-6-5-13(7-19(27)28)10-24-21-16-8-14(17-4-3-15(22)11-23-17)9-18(29-2)20(16)25-12-26-21/h3-9,11-12H,10H2,1-2H3,(H,24,25,26). The zero-order valence-corrected chi connectivity index (χ0v) is 15.9. The minimum absolute atomic E-state index is 0.0804. The molecule has 3 aromatic heterocycles. The van der Waals surface area contributed by atoms with Gasteiger partial charge < -0.3 is 14.6 Å². The Bertz CT molecular complexity index is 1240. The largest absolute Gasteiger partial charge is 0.494 e. The Hall–Kier alpha value is -3.81. The van der Waals surface area contributed by atoms with Crippen molar-refractivity contribution in [3.63, 3.8) is 0 Å². The Morgan fingerprint density at radius 3 is 2.72 bits per heavy atom. The van der Waals surface area contributed by atoms with E-state index in [-0.39, 0.29) is 5.56 Å². The van der Waals surface area contributed by atoms with E-state index in [0.29, 0.717) is 29.3 Å². The number of methoxy groups -OCH3 is 1. The summed E-state index contributed by atoms with van der Waals surface area (Å²) in [5.41, 5.74) is 2.75. The van der Waals surface area contributed by atoms with Crippen LogP contribution in [0.5, 0.6) is 5.75 Å². The fourth-order valence-electron chi connectivity index (χ4n) is 3.01. The average Bonchev–Trinajstić information content (AvgIpc) is 2.74. The van der Waals surface area contributed by atoms with Crippen molar-refractivity contribution in [3.8, 4) is 17.0 Å². The number of ether oxygens (including phenoxy) is 1. The van der Waals surface area contributed by atoms with Gasteiger partial charge in [0.2, 0.25) is 0 Å². The van der Waals surface area contributed by atoms with Crippen molar-refractivity contribution in [2.24, 2.45) is 7.05 Å². The second kappa shape index (κ2) is 7.67. The van der Waals surface area contributed by atoms with Crippen LogP contribution in [0.2, 0.25) is 0 Å². The van der Waals surface area contributed by atoms with E-state index < -0.39 is 5.82 Å². The van der Waals surface area contributed by atoms with Gasteiger partial charge in [-0.15, -0.1) is 0 Å². The minimum Gasteiger partial charge on any atom is -0.494 e. The first kappa shape index (κ1) is 18.5. The summed E-state index contributed by atoms with van der Waals surface area (Å²) in [6.45, 7) is 0.420. The molecule has 4 aromatic rings. The van der Waals surface area contributed by atoms with Crippen LogP contribution in [0.4, 0.5) is 10.2 Å². The van der Waals surface area contributed by atoms with Crippen molar-refractivity contribution in [2.45, 2.75) is 6.54 Å². The number of nitrogens with one attached hydrogen (secondary N) is 1. The summed E-state index contributed by atoms with van der Waals surface area (Å²) in [6, 6.07) is 10.1. The Balaban J connectivity index is 1.75. The van der Waals surface area contributed by atoms with E-state index in [0.717, 1.165) is 16.5 Å². The number of benzene rings is 1. The molecule has 1 N–H and O–H groups in total. The monoisotopic (exact) mass is 391 g/mol. The van der Waals surface area contributed by atoms with Gasteiger partial charge in [0, 0.05) is 36.8 Å². The molecule has 0 saturated heterocycles. The molecule has 0 aliphatic carbocycles. The van der Waals surface area contributed by atoms with Gasteiger partial charge in [-0.05, 0) is 35.9 Å². The normalized spacial score (nSPS) is 10.9. The maximum atomic E-state index is 13.2. The summed E-state index contributed by atoms with van der Waals surface area (Å²) in [5.74, 6) is 0.752. The molecular weight excluding hydrogens is 373 g/mol. The molecule has 0 amide bonds. The van der Waals surface area contributed by atoms with Crippen molar-refractivity contribution in [1.29, 1.82) is 0 Å². The molecule has 3 heterocycles. The molecule has 0 fully saturated rings. The summed E-state index contributed by atoms with van der Waals surface area (Å²) in [6.07, 6.45) is 4.34. The molecule has 0 bridgehead atoms. The number of aromatic nitrogens is 4. The van der Waals surface area contributed by atoms with Crippen molar-refractivity contribution >= 4 is 16.7 Å². The second-order valence-corrected chi connectivity index (χ2v) is 6.50. The van der Waals surface area contributed by atoms with Gasteiger partial charge in [-0.3, -0.25) is 9.78 Å². The van der Waals surface area contributed by atoms with Crippen molar-refractivity contribution < 1.29 is 9.13 Å². The maximum Gasteiger partial charge on any atom is 0.250 e. The number of rotatable bonds is 5. The van der Waals surface area contributed by atoms with Crippen molar-refractivity contribution in [1.82, 2.24) is 19.5 Å². The highest BCUT2D eigenvalue weighted by Crippen LogP contribution is 2.33. The first-order valence-corrected chi connectivity index (χ1v) is 8.89. The number of hydrogen-bond donors (Lipinski definition) is 1. The zero-order valence-electron chi connectivity index (χ0n) is 15.9. The van der Waals surface area contributed by atoms with Crippen LogP contribution in [0.25, 0.3) is 22.2 Å². The summed E-state index contributed by atoms with van der Waals surface area (Å²) in [7, 11) is 3.26. The molecule has 0 spiro atoms. The van der Waals surface area contributed by atoms with Gasteiger partial charge in [0.1, 0.15) is 29.2 Å². The van der Waals surface area contributed by atoms with Gasteiger partial charge in [0.05, 0.1) is 19.0 Å². The number of aryl methyl sites for hydroxylation is 1.